The highest BCUT2D eigenvalue weighted by molar-refractivity contribution is 5.90. The van der Waals surface area contributed by atoms with E-state index in [1.54, 1.807) is 0 Å². The van der Waals surface area contributed by atoms with Gasteiger partial charge in [-0.2, -0.15) is 0 Å². The second kappa shape index (κ2) is 6.50. The summed E-state index contributed by atoms with van der Waals surface area (Å²) in [4.78, 5) is 32.3. The first kappa shape index (κ1) is 15.4. The Labute approximate surface area is 114 Å². The number of nitrogens with zero attached hydrogens (tertiary/aromatic N) is 1. The summed E-state index contributed by atoms with van der Waals surface area (Å²) < 4.78 is 0. The van der Waals surface area contributed by atoms with E-state index in [1.165, 1.54) is 20.0 Å². The van der Waals surface area contributed by atoms with Crippen molar-refractivity contribution in [1.29, 1.82) is 0 Å². The molecule has 3 N–H and O–H groups in total. The number of nitro benzene ring substituents is 1. The number of carboxylic acid groups (broad SMARTS) is 1. The van der Waals surface area contributed by atoms with Crippen molar-refractivity contribution in [2.24, 2.45) is 0 Å². The van der Waals surface area contributed by atoms with Crippen LogP contribution in [-0.2, 0) is 4.79 Å². The summed E-state index contributed by atoms with van der Waals surface area (Å²) in [5, 5.41) is 25.1. The van der Waals surface area contributed by atoms with E-state index in [4.69, 9.17) is 5.11 Å². The van der Waals surface area contributed by atoms with Crippen LogP contribution < -0.4 is 10.6 Å². The van der Waals surface area contributed by atoms with E-state index < -0.39 is 10.9 Å². The number of benzene rings is 1. The lowest BCUT2D eigenvalue weighted by atomic mass is 10.1. The number of amides is 1. The van der Waals surface area contributed by atoms with Crippen molar-refractivity contribution in [3.05, 3.63) is 33.4 Å². The average Bonchev–Trinajstić information content (AvgIpc) is 2.39. The van der Waals surface area contributed by atoms with Gasteiger partial charge in [-0.25, -0.2) is 4.79 Å². The second-order valence-electron chi connectivity index (χ2n) is 4.08. The summed E-state index contributed by atoms with van der Waals surface area (Å²) in [7, 11) is 1.50. The quantitative estimate of drug-likeness (QED) is 0.531. The fourth-order valence-corrected chi connectivity index (χ4v) is 1.63. The van der Waals surface area contributed by atoms with Crippen LogP contribution in [0.25, 0.3) is 0 Å². The van der Waals surface area contributed by atoms with Crippen LogP contribution in [0.2, 0.25) is 0 Å². The molecular formula is C12H15N3O5. The maximum Gasteiger partial charge on any atom is 0.336 e. The van der Waals surface area contributed by atoms with Gasteiger partial charge in [0.05, 0.1) is 10.5 Å². The van der Waals surface area contributed by atoms with Gasteiger partial charge in [-0.3, -0.25) is 14.9 Å². The van der Waals surface area contributed by atoms with E-state index in [9.17, 15) is 19.7 Å². The molecule has 0 aliphatic carbocycles. The molecule has 1 aromatic rings. The molecule has 1 rings (SSSR count). The zero-order valence-corrected chi connectivity index (χ0v) is 11.1. The van der Waals surface area contributed by atoms with Crippen LogP contribution in [-0.4, -0.2) is 35.5 Å². The molecule has 0 aliphatic heterocycles. The predicted molar refractivity (Wildman–Crippen MR) is 72.0 cm³/mol. The zero-order valence-electron chi connectivity index (χ0n) is 11.1. The van der Waals surface area contributed by atoms with Crippen LogP contribution in [0.3, 0.4) is 0 Å². The van der Waals surface area contributed by atoms with Gasteiger partial charge in [0.15, 0.2) is 0 Å². The third-order valence-electron chi connectivity index (χ3n) is 2.77. The van der Waals surface area contributed by atoms with E-state index in [2.05, 4.69) is 10.6 Å². The Morgan fingerprint density at radius 2 is 2.05 bits per heavy atom. The van der Waals surface area contributed by atoms with Gasteiger partial charge in [0.2, 0.25) is 5.91 Å². The van der Waals surface area contributed by atoms with Crippen LogP contribution in [0, 0.1) is 17.0 Å². The van der Waals surface area contributed by atoms with Gasteiger partial charge in [0.25, 0.3) is 5.69 Å². The molecular weight excluding hydrogens is 266 g/mol. The summed E-state index contributed by atoms with van der Waals surface area (Å²) in [5.41, 5.74) is 0.217. The summed E-state index contributed by atoms with van der Waals surface area (Å²) in [6, 6.07) is 2.33. The Morgan fingerprint density at radius 3 is 2.55 bits per heavy atom. The molecule has 8 nitrogen and oxygen atoms in total. The fraction of sp³-hybridized carbons (Fsp3) is 0.333. The minimum absolute atomic E-state index is 0.176. The number of nitrogens with one attached hydrogen (secondary N) is 2. The normalized spacial score (nSPS) is 9.90. The highest BCUT2D eigenvalue weighted by atomic mass is 16.6. The molecule has 0 spiro atoms. The molecule has 1 aromatic carbocycles. The van der Waals surface area contributed by atoms with E-state index in [0.717, 1.165) is 6.07 Å². The monoisotopic (exact) mass is 281 g/mol. The number of hydrogen-bond donors (Lipinski definition) is 3. The van der Waals surface area contributed by atoms with Gasteiger partial charge in [0.1, 0.15) is 0 Å². The molecule has 0 bridgehead atoms. The lowest BCUT2D eigenvalue weighted by molar-refractivity contribution is -0.385. The number of hydrogen-bond acceptors (Lipinski definition) is 5. The van der Waals surface area contributed by atoms with Gasteiger partial charge in [-0.1, -0.05) is 0 Å². The summed E-state index contributed by atoms with van der Waals surface area (Å²) in [6.45, 7) is 1.77. The molecule has 0 saturated carbocycles. The van der Waals surface area contributed by atoms with Gasteiger partial charge in [0, 0.05) is 37.3 Å². The van der Waals surface area contributed by atoms with Crippen LogP contribution in [0.4, 0.5) is 11.4 Å². The molecule has 0 aliphatic rings. The molecule has 0 aromatic heterocycles. The SMILES string of the molecule is CNC(=O)CCNc1cc(C(=O)O)cc([N+](=O)[O-])c1C. The van der Waals surface area contributed by atoms with Crippen molar-refractivity contribution in [3.63, 3.8) is 0 Å². The van der Waals surface area contributed by atoms with Gasteiger partial charge in [-0.15, -0.1) is 0 Å². The molecule has 0 fully saturated rings. The van der Waals surface area contributed by atoms with Crippen molar-refractivity contribution in [2.45, 2.75) is 13.3 Å². The van der Waals surface area contributed by atoms with E-state index in [-0.39, 0.29) is 30.1 Å². The smallest absolute Gasteiger partial charge is 0.336 e. The van der Waals surface area contributed by atoms with Gasteiger partial charge >= 0.3 is 5.97 Å². The fourth-order valence-electron chi connectivity index (χ4n) is 1.63. The Morgan fingerprint density at radius 1 is 1.40 bits per heavy atom. The predicted octanol–water partition coefficient (Wildman–Crippen LogP) is 1.15. The van der Waals surface area contributed by atoms with Gasteiger partial charge < -0.3 is 15.7 Å². The number of aromatic carboxylic acids is 1. The van der Waals surface area contributed by atoms with Crippen molar-refractivity contribution in [1.82, 2.24) is 5.32 Å². The highest BCUT2D eigenvalue weighted by Crippen LogP contribution is 2.27. The van der Waals surface area contributed by atoms with Crippen molar-refractivity contribution >= 4 is 23.3 Å². The first-order chi connectivity index (χ1) is 9.36. The molecule has 20 heavy (non-hydrogen) atoms. The molecule has 8 heteroatoms. The summed E-state index contributed by atoms with van der Waals surface area (Å²) >= 11 is 0. The Hall–Kier alpha value is -2.64. The molecule has 0 unspecified atom stereocenters. The van der Waals surface area contributed by atoms with Crippen molar-refractivity contribution < 1.29 is 19.6 Å². The largest absolute Gasteiger partial charge is 0.478 e. The Bertz CT molecular complexity index is 556. The molecule has 108 valence electrons. The average molecular weight is 281 g/mol. The number of anilines is 1. The van der Waals surface area contributed by atoms with Crippen molar-refractivity contribution in [3.8, 4) is 0 Å². The third-order valence-corrected chi connectivity index (χ3v) is 2.77. The lowest BCUT2D eigenvalue weighted by Crippen LogP contribution is -2.21. The van der Waals surface area contributed by atoms with E-state index in [1.807, 2.05) is 0 Å². The molecule has 0 heterocycles. The second-order valence-corrected chi connectivity index (χ2v) is 4.08. The first-order valence-electron chi connectivity index (χ1n) is 5.83. The van der Waals surface area contributed by atoms with Crippen LogP contribution in [0.15, 0.2) is 12.1 Å². The van der Waals surface area contributed by atoms with Crippen molar-refractivity contribution in [2.75, 3.05) is 18.9 Å². The number of nitro groups is 1. The molecule has 0 saturated heterocycles. The Kier molecular flexibility index (Phi) is 5.01. The number of carbonyl (C=O) groups excluding carboxylic acids is 1. The first-order valence-corrected chi connectivity index (χ1v) is 5.83. The van der Waals surface area contributed by atoms with Gasteiger partial charge in [-0.05, 0) is 13.0 Å². The Balaban J connectivity index is 3.02. The third kappa shape index (κ3) is 3.67. The highest BCUT2D eigenvalue weighted by Gasteiger charge is 2.18. The zero-order chi connectivity index (χ0) is 15.3. The molecule has 0 atom stereocenters. The van der Waals surface area contributed by atoms with E-state index in [0.29, 0.717) is 11.3 Å². The topological polar surface area (TPSA) is 122 Å². The van der Waals surface area contributed by atoms with Crippen LogP contribution >= 0.6 is 0 Å². The maximum atomic E-state index is 11.1. The lowest BCUT2D eigenvalue weighted by Gasteiger charge is -2.10. The van der Waals surface area contributed by atoms with Crippen LogP contribution in [0.5, 0.6) is 0 Å². The molecule has 1 amide bonds. The minimum atomic E-state index is -1.25. The molecule has 0 radical (unpaired) electrons. The number of carbonyl (C=O) groups is 2. The summed E-state index contributed by atoms with van der Waals surface area (Å²) in [6.07, 6.45) is 0.182. The van der Waals surface area contributed by atoms with Crippen LogP contribution in [0.1, 0.15) is 22.3 Å². The maximum absolute atomic E-state index is 11.1. The number of rotatable bonds is 6. The number of carboxylic acids is 1. The minimum Gasteiger partial charge on any atom is -0.478 e. The van der Waals surface area contributed by atoms with E-state index >= 15 is 0 Å². The standard InChI is InChI=1S/C12H15N3O5/c1-7-9(14-4-3-11(16)13-2)5-8(12(17)18)6-10(7)15(19)20/h5-6,14H,3-4H2,1-2H3,(H,13,16)(H,17,18). The summed E-state index contributed by atoms with van der Waals surface area (Å²) in [5.74, 6) is -1.43.